The number of fused-ring (bicyclic) bond motifs is 1. The third-order valence-corrected chi connectivity index (χ3v) is 6.99. The Hall–Kier alpha value is 0.0169. The van der Waals surface area contributed by atoms with Crippen molar-refractivity contribution in [3.63, 3.8) is 0 Å². The Morgan fingerprint density at radius 1 is 1.11 bits per heavy atom. The molecule has 6 heteroatoms. The zero-order valence-corrected chi connectivity index (χ0v) is 13.3. The van der Waals surface area contributed by atoms with Crippen molar-refractivity contribution >= 4 is 8.80 Å². The molecule has 2 fully saturated rings. The van der Waals surface area contributed by atoms with Gasteiger partial charge in [-0.3, -0.25) is 0 Å². The van der Waals surface area contributed by atoms with Gasteiger partial charge in [0.25, 0.3) is 0 Å². The van der Waals surface area contributed by atoms with Gasteiger partial charge in [0, 0.05) is 21.3 Å². The van der Waals surface area contributed by atoms with Crippen molar-refractivity contribution in [1.29, 1.82) is 0 Å². The molecule has 3 unspecified atom stereocenters. The number of rotatable bonds is 5. The Kier molecular flexibility index (Phi) is 8.25. The zero-order valence-electron chi connectivity index (χ0n) is 12.3. The minimum absolute atomic E-state index is 0. The molecule has 2 rings (SSSR count). The molecule has 0 saturated heterocycles. The minimum Gasteiger partial charge on any atom is -0.376 e. The van der Waals surface area contributed by atoms with Crippen LogP contribution in [0.25, 0.3) is 0 Å². The first-order valence-electron chi connectivity index (χ1n) is 6.54. The van der Waals surface area contributed by atoms with Gasteiger partial charge in [-0.05, 0) is 24.7 Å². The van der Waals surface area contributed by atoms with Crippen molar-refractivity contribution in [1.82, 2.24) is 6.15 Å². The summed E-state index contributed by atoms with van der Waals surface area (Å²) < 4.78 is 15.5. The van der Waals surface area contributed by atoms with E-state index in [9.17, 15) is 0 Å². The molecule has 0 aromatic heterocycles. The molecule has 0 aromatic rings. The van der Waals surface area contributed by atoms with Crippen LogP contribution in [0.5, 0.6) is 0 Å². The van der Waals surface area contributed by atoms with Gasteiger partial charge in [-0.1, -0.05) is 26.2 Å². The molecule has 110 valence electrons. The van der Waals surface area contributed by atoms with E-state index in [2.05, 4.69) is 0 Å². The van der Waals surface area contributed by atoms with Crippen LogP contribution in [0, 0.1) is 11.8 Å². The van der Waals surface area contributed by atoms with E-state index in [0.717, 1.165) is 6.42 Å². The molecule has 2 aliphatic rings. The third-order valence-electron chi connectivity index (χ3n) is 3.97. The van der Waals surface area contributed by atoms with Crippen molar-refractivity contribution in [3.8, 4) is 0 Å². The molecule has 0 radical (unpaired) electrons. The summed E-state index contributed by atoms with van der Waals surface area (Å²) in [5.74, 6) is 2.43. The normalized spacial score (nSPS) is 26.5. The van der Waals surface area contributed by atoms with E-state index >= 15 is 0 Å². The van der Waals surface area contributed by atoms with Crippen molar-refractivity contribution in [2.45, 2.75) is 44.7 Å². The highest BCUT2D eigenvalue weighted by Crippen LogP contribution is 2.51. The largest absolute Gasteiger partial charge is 0.517 e. The molecule has 2 saturated carbocycles. The number of hydrogen-bond acceptors (Lipinski definition) is 5. The van der Waals surface area contributed by atoms with Gasteiger partial charge in [-0.25, -0.2) is 0 Å². The average molecular weight is 278 g/mol. The molecule has 0 aromatic carbocycles. The fraction of sp³-hybridized carbons (Fsp3) is 1.00. The standard InChI is InChI=1S/C6H17NO3Si.C6H10.H3N/c1-5-6(7)11(8-2,9-3)10-4;1-2-5-4-6(5)3-1;/h6H,5,7H2,1-4H3;5-6H,1-4H2;1H3. The molecule has 0 aliphatic heterocycles. The zero-order chi connectivity index (χ0) is 12.9. The van der Waals surface area contributed by atoms with E-state index < -0.39 is 8.80 Å². The van der Waals surface area contributed by atoms with Crippen LogP contribution >= 0.6 is 0 Å². The lowest BCUT2D eigenvalue weighted by Crippen LogP contribution is -2.58. The molecule has 0 bridgehead atoms. The molecular weight excluding hydrogens is 248 g/mol. The second-order valence-electron chi connectivity index (χ2n) is 4.92. The number of nitrogens with two attached hydrogens (primary N) is 1. The summed E-state index contributed by atoms with van der Waals surface area (Å²) in [4.78, 5) is 0. The lowest BCUT2D eigenvalue weighted by atomic mass is 10.3. The van der Waals surface area contributed by atoms with Crippen molar-refractivity contribution in [3.05, 3.63) is 0 Å². The summed E-state index contributed by atoms with van der Waals surface area (Å²) in [7, 11) is 2.15. The van der Waals surface area contributed by atoms with E-state index in [1.54, 1.807) is 40.6 Å². The summed E-state index contributed by atoms with van der Waals surface area (Å²) >= 11 is 0. The Balaban J connectivity index is 0.000000342. The topological polar surface area (TPSA) is 88.7 Å². The van der Waals surface area contributed by atoms with Gasteiger partial charge in [0.2, 0.25) is 0 Å². The number of hydrogen-bond donors (Lipinski definition) is 2. The smallest absolute Gasteiger partial charge is 0.376 e. The Morgan fingerprint density at radius 2 is 1.56 bits per heavy atom. The van der Waals surface area contributed by atoms with Crippen LogP contribution < -0.4 is 11.9 Å². The van der Waals surface area contributed by atoms with Gasteiger partial charge >= 0.3 is 8.80 Å². The van der Waals surface area contributed by atoms with Gasteiger partial charge in [-0.2, -0.15) is 0 Å². The lowest BCUT2D eigenvalue weighted by Gasteiger charge is -2.28. The second kappa shape index (κ2) is 8.24. The van der Waals surface area contributed by atoms with E-state index in [1.165, 1.54) is 18.3 Å². The highest BCUT2D eigenvalue weighted by molar-refractivity contribution is 6.62. The van der Waals surface area contributed by atoms with Crippen LogP contribution in [-0.4, -0.2) is 35.8 Å². The van der Waals surface area contributed by atoms with Crippen molar-refractivity contribution < 1.29 is 13.3 Å². The predicted molar refractivity (Wildman–Crippen MR) is 75.5 cm³/mol. The van der Waals surface area contributed by atoms with Gasteiger partial charge in [0.15, 0.2) is 0 Å². The molecule has 2 aliphatic carbocycles. The maximum atomic E-state index is 5.77. The highest BCUT2D eigenvalue weighted by atomic mass is 28.4. The van der Waals surface area contributed by atoms with Crippen molar-refractivity contribution in [2.24, 2.45) is 17.6 Å². The molecule has 18 heavy (non-hydrogen) atoms. The van der Waals surface area contributed by atoms with E-state index in [0.29, 0.717) is 0 Å². The average Bonchev–Trinajstić information content (AvgIpc) is 2.99. The molecule has 0 heterocycles. The van der Waals surface area contributed by atoms with Crippen LogP contribution in [0.2, 0.25) is 0 Å². The summed E-state index contributed by atoms with van der Waals surface area (Å²) in [6, 6.07) is 0. The Morgan fingerprint density at radius 3 is 1.67 bits per heavy atom. The quantitative estimate of drug-likeness (QED) is 0.752. The molecular formula is C12H30N2O3Si. The van der Waals surface area contributed by atoms with Crippen LogP contribution in [0.1, 0.15) is 39.0 Å². The maximum Gasteiger partial charge on any atom is 0.517 e. The van der Waals surface area contributed by atoms with E-state index in [4.69, 9.17) is 19.0 Å². The fourth-order valence-corrected chi connectivity index (χ4v) is 4.52. The SMILES string of the molecule is C1CC2CC2C1.CCC(N)[Si](OC)(OC)OC.N. The van der Waals surface area contributed by atoms with Crippen LogP contribution in [0.3, 0.4) is 0 Å². The molecule has 5 nitrogen and oxygen atoms in total. The Bertz CT molecular complexity index is 211. The van der Waals surface area contributed by atoms with Crippen LogP contribution in [-0.2, 0) is 13.3 Å². The minimum atomic E-state index is -2.54. The van der Waals surface area contributed by atoms with E-state index in [-0.39, 0.29) is 11.8 Å². The maximum absolute atomic E-state index is 5.77. The first-order chi connectivity index (χ1) is 8.13. The first-order valence-corrected chi connectivity index (χ1v) is 8.34. The molecule has 3 atom stereocenters. The highest BCUT2D eigenvalue weighted by Gasteiger charge is 2.44. The first kappa shape index (κ1) is 18.0. The van der Waals surface area contributed by atoms with Gasteiger partial charge in [0.05, 0.1) is 5.67 Å². The van der Waals surface area contributed by atoms with Gasteiger partial charge < -0.3 is 25.2 Å². The molecule has 0 spiro atoms. The van der Waals surface area contributed by atoms with E-state index in [1.807, 2.05) is 6.92 Å². The van der Waals surface area contributed by atoms with Gasteiger partial charge in [-0.15, -0.1) is 0 Å². The lowest BCUT2D eigenvalue weighted by molar-refractivity contribution is 0.112. The summed E-state index contributed by atoms with van der Waals surface area (Å²) in [5.41, 5.74) is 5.63. The van der Waals surface area contributed by atoms with Gasteiger partial charge in [0.1, 0.15) is 0 Å². The summed E-state index contributed by atoms with van der Waals surface area (Å²) in [6.07, 6.45) is 7.03. The second-order valence-corrected chi connectivity index (χ2v) is 8.09. The van der Waals surface area contributed by atoms with Crippen LogP contribution in [0.4, 0.5) is 0 Å². The molecule has 5 N–H and O–H groups in total. The summed E-state index contributed by atoms with van der Waals surface area (Å²) in [5, 5.41) is 0. The fourth-order valence-electron chi connectivity index (χ4n) is 2.61. The Labute approximate surface area is 112 Å². The monoisotopic (exact) mass is 278 g/mol. The van der Waals surface area contributed by atoms with Crippen molar-refractivity contribution in [2.75, 3.05) is 21.3 Å². The predicted octanol–water partition coefficient (Wildman–Crippen LogP) is 2.11. The summed E-state index contributed by atoms with van der Waals surface area (Å²) in [6.45, 7) is 1.98. The molecule has 0 amide bonds. The van der Waals surface area contributed by atoms with Crippen LogP contribution in [0.15, 0.2) is 0 Å². The third kappa shape index (κ3) is 4.29.